The van der Waals surface area contributed by atoms with Gasteiger partial charge in [-0.3, -0.25) is 9.48 Å². The van der Waals surface area contributed by atoms with Gasteiger partial charge in [-0.25, -0.2) is 0 Å². The fourth-order valence-electron chi connectivity index (χ4n) is 3.29. The maximum atomic E-state index is 12.6. The van der Waals surface area contributed by atoms with Crippen molar-refractivity contribution < 1.29 is 4.79 Å². The van der Waals surface area contributed by atoms with Crippen molar-refractivity contribution in [3.8, 4) is 0 Å². The molecule has 0 fully saturated rings. The van der Waals surface area contributed by atoms with Crippen molar-refractivity contribution in [2.45, 2.75) is 38.3 Å². The van der Waals surface area contributed by atoms with Crippen molar-refractivity contribution >= 4 is 5.91 Å². The molecule has 0 saturated carbocycles. The molecular weight excluding hydrogens is 288 g/mol. The summed E-state index contributed by atoms with van der Waals surface area (Å²) in [5, 5.41) is 7.49. The van der Waals surface area contributed by atoms with Crippen LogP contribution in [0.2, 0.25) is 0 Å². The molecule has 0 spiro atoms. The van der Waals surface area contributed by atoms with Crippen LogP contribution in [0.1, 0.15) is 48.7 Å². The van der Waals surface area contributed by atoms with Crippen molar-refractivity contribution in [2.75, 3.05) is 0 Å². The van der Waals surface area contributed by atoms with Gasteiger partial charge in [0.05, 0.1) is 18.2 Å². The number of carbonyl (C=O) groups is 1. The summed E-state index contributed by atoms with van der Waals surface area (Å²) in [6.45, 7) is 1.89. The van der Waals surface area contributed by atoms with Crippen molar-refractivity contribution in [3.63, 3.8) is 0 Å². The van der Waals surface area contributed by atoms with Crippen LogP contribution in [0.25, 0.3) is 0 Å². The zero-order valence-corrected chi connectivity index (χ0v) is 13.7. The summed E-state index contributed by atoms with van der Waals surface area (Å²) < 4.78 is 1.91. The average Bonchev–Trinajstić information content (AvgIpc) is 2.97. The highest BCUT2D eigenvalue weighted by atomic mass is 16.2. The van der Waals surface area contributed by atoms with E-state index in [0.29, 0.717) is 0 Å². The van der Waals surface area contributed by atoms with E-state index < -0.39 is 0 Å². The fourth-order valence-corrected chi connectivity index (χ4v) is 3.29. The predicted octanol–water partition coefficient (Wildman–Crippen LogP) is 2.25. The third-order valence-electron chi connectivity index (χ3n) is 4.83. The highest BCUT2D eigenvalue weighted by Gasteiger charge is 2.28. The molecule has 5 nitrogen and oxygen atoms in total. The minimum absolute atomic E-state index is 0.00283. The van der Waals surface area contributed by atoms with Crippen LogP contribution >= 0.6 is 0 Å². The Bertz CT molecular complexity index is 680. The van der Waals surface area contributed by atoms with E-state index in [-0.39, 0.29) is 23.9 Å². The van der Waals surface area contributed by atoms with E-state index in [4.69, 9.17) is 5.73 Å². The van der Waals surface area contributed by atoms with Gasteiger partial charge >= 0.3 is 0 Å². The predicted molar refractivity (Wildman–Crippen MR) is 89.6 cm³/mol. The molecule has 1 aromatic heterocycles. The van der Waals surface area contributed by atoms with Gasteiger partial charge in [0.25, 0.3) is 0 Å². The number of carbonyl (C=O) groups excluding carboxylic acids is 1. The maximum Gasteiger partial charge on any atom is 0.225 e. The summed E-state index contributed by atoms with van der Waals surface area (Å²) in [5.74, 6) is -0.275. The third-order valence-corrected chi connectivity index (χ3v) is 4.83. The van der Waals surface area contributed by atoms with Crippen LogP contribution in [0, 0.1) is 5.92 Å². The first-order chi connectivity index (χ1) is 11.1. The molecule has 5 heteroatoms. The number of hydrogen-bond acceptors (Lipinski definition) is 3. The molecule has 2 aromatic rings. The van der Waals surface area contributed by atoms with E-state index in [2.05, 4.69) is 10.4 Å². The van der Waals surface area contributed by atoms with Crippen LogP contribution in [0.5, 0.6) is 0 Å². The monoisotopic (exact) mass is 312 g/mol. The second-order valence-electron chi connectivity index (χ2n) is 6.35. The first-order valence-corrected chi connectivity index (χ1v) is 8.19. The standard InChI is InChI=1S/C18H24N4O/c1-12(17(19)13-7-4-3-5-8-13)18(23)21-15-9-6-10-16-14(15)11-20-22(16)2/h3-5,7-8,11-12,15,17H,6,9-10,19H2,1-2H3,(H,21,23). The Balaban J connectivity index is 1.70. The summed E-state index contributed by atoms with van der Waals surface area (Å²) in [4.78, 5) is 12.6. The van der Waals surface area contributed by atoms with E-state index >= 15 is 0 Å². The highest BCUT2D eigenvalue weighted by Crippen LogP contribution is 2.30. The van der Waals surface area contributed by atoms with E-state index in [1.807, 2.05) is 55.2 Å². The zero-order valence-electron chi connectivity index (χ0n) is 13.7. The number of nitrogens with two attached hydrogens (primary N) is 1. The summed E-state index contributed by atoms with van der Waals surface area (Å²) in [6.07, 6.45) is 4.92. The zero-order chi connectivity index (χ0) is 16.4. The number of benzene rings is 1. The molecule has 23 heavy (non-hydrogen) atoms. The maximum absolute atomic E-state index is 12.6. The molecule has 1 amide bonds. The lowest BCUT2D eigenvalue weighted by atomic mass is 9.90. The molecule has 3 atom stereocenters. The Morgan fingerprint density at radius 3 is 2.87 bits per heavy atom. The van der Waals surface area contributed by atoms with Gasteiger partial charge in [-0.15, -0.1) is 0 Å². The van der Waals surface area contributed by atoms with Crippen LogP contribution in [-0.4, -0.2) is 15.7 Å². The van der Waals surface area contributed by atoms with Crippen molar-refractivity contribution in [1.29, 1.82) is 0 Å². The van der Waals surface area contributed by atoms with E-state index in [9.17, 15) is 4.79 Å². The van der Waals surface area contributed by atoms with Crippen molar-refractivity contribution in [2.24, 2.45) is 18.7 Å². The van der Waals surface area contributed by atoms with Gasteiger partial charge in [0, 0.05) is 24.3 Å². The van der Waals surface area contributed by atoms with E-state index in [1.165, 1.54) is 5.69 Å². The third kappa shape index (κ3) is 3.15. The lowest BCUT2D eigenvalue weighted by Crippen LogP contribution is -2.38. The van der Waals surface area contributed by atoms with Gasteiger partial charge in [0.1, 0.15) is 0 Å². The van der Waals surface area contributed by atoms with Crippen LogP contribution in [0.3, 0.4) is 0 Å². The molecule has 0 saturated heterocycles. The average molecular weight is 312 g/mol. The minimum atomic E-state index is -0.298. The molecule has 3 N–H and O–H groups in total. The first-order valence-electron chi connectivity index (χ1n) is 8.19. The van der Waals surface area contributed by atoms with E-state index in [0.717, 1.165) is 30.4 Å². The van der Waals surface area contributed by atoms with E-state index in [1.54, 1.807) is 0 Å². The molecule has 0 bridgehead atoms. The van der Waals surface area contributed by atoms with Crippen LogP contribution in [-0.2, 0) is 18.3 Å². The molecule has 3 rings (SSSR count). The molecule has 1 aromatic carbocycles. The molecule has 0 radical (unpaired) electrons. The van der Waals surface area contributed by atoms with Crippen LogP contribution in [0.15, 0.2) is 36.5 Å². The lowest BCUT2D eigenvalue weighted by Gasteiger charge is -2.27. The van der Waals surface area contributed by atoms with Gasteiger partial charge in [-0.2, -0.15) is 5.10 Å². The van der Waals surface area contributed by atoms with Crippen molar-refractivity contribution in [3.05, 3.63) is 53.3 Å². The Hall–Kier alpha value is -2.14. The Kier molecular flexibility index (Phi) is 4.48. The smallest absolute Gasteiger partial charge is 0.225 e. The number of nitrogens with zero attached hydrogens (tertiary/aromatic N) is 2. The molecule has 1 aliphatic rings. The minimum Gasteiger partial charge on any atom is -0.349 e. The summed E-state index contributed by atoms with van der Waals surface area (Å²) in [7, 11) is 1.96. The SMILES string of the molecule is CC(C(=O)NC1CCCc2c1cnn2C)C(N)c1ccccc1. The Morgan fingerprint density at radius 1 is 1.39 bits per heavy atom. The van der Waals surface area contributed by atoms with Gasteiger partial charge in [0.15, 0.2) is 0 Å². The molecule has 0 aliphatic heterocycles. The summed E-state index contributed by atoms with van der Waals surface area (Å²) >= 11 is 0. The quantitative estimate of drug-likeness (QED) is 0.909. The number of nitrogens with one attached hydrogen (secondary N) is 1. The summed E-state index contributed by atoms with van der Waals surface area (Å²) in [6, 6.07) is 9.53. The second kappa shape index (κ2) is 6.54. The van der Waals surface area contributed by atoms with Crippen molar-refractivity contribution in [1.82, 2.24) is 15.1 Å². The number of amides is 1. The normalized spacial score (nSPS) is 19.7. The molecule has 1 aliphatic carbocycles. The highest BCUT2D eigenvalue weighted by molar-refractivity contribution is 5.79. The van der Waals surface area contributed by atoms with Gasteiger partial charge < -0.3 is 11.1 Å². The number of hydrogen-bond donors (Lipinski definition) is 2. The second-order valence-corrected chi connectivity index (χ2v) is 6.35. The Morgan fingerprint density at radius 2 is 2.13 bits per heavy atom. The summed E-state index contributed by atoms with van der Waals surface area (Å²) in [5.41, 5.74) is 9.62. The molecular formula is C18H24N4O. The molecule has 3 unspecified atom stereocenters. The number of rotatable bonds is 4. The molecule has 122 valence electrons. The fraction of sp³-hybridized carbons (Fsp3) is 0.444. The van der Waals surface area contributed by atoms with Gasteiger partial charge in [-0.05, 0) is 24.8 Å². The topological polar surface area (TPSA) is 72.9 Å². The number of aryl methyl sites for hydroxylation is 1. The van der Waals surface area contributed by atoms with Gasteiger partial charge in [-0.1, -0.05) is 37.3 Å². The van der Waals surface area contributed by atoms with Crippen LogP contribution in [0.4, 0.5) is 0 Å². The molecule has 1 heterocycles. The first kappa shape index (κ1) is 15.7. The van der Waals surface area contributed by atoms with Crippen LogP contribution < -0.4 is 11.1 Å². The number of fused-ring (bicyclic) bond motifs is 1. The lowest BCUT2D eigenvalue weighted by molar-refractivity contribution is -0.126. The number of aromatic nitrogens is 2. The van der Waals surface area contributed by atoms with Gasteiger partial charge in [0.2, 0.25) is 5.91 Å². The Labute approximate surface area is 136 Å². The largest absolute Gasteiger partial charge is 0.349 e.